The van der Waals surface area contributed by atoms with Crippen molar-refractivity contribution in [3.05, 3.63) is 85.1 Å². The molecule has 1 rings (SSSR count). The van der Waals surface area contributed by atoms with Crippen LogP contribution in [0.5, 0.6) is 0 Å². The molecular formula is C18H22O. The highest BCUT2D eigenvalue weighted by Gasteiger charge is 2.49. The molecule has 0 aliphatic carbocycles. The normalized spacial score (nSPS) is 24.5. The molecule has 0 aromatic carbocycles. The molecule has 19 heavy (non-hydrogen) atoms. The van der Waals surface area contributed by atoms with Gasteiger partial charge in [0.05, 0.1) is 6.61 Å². The Morgan fingerprint density at radius 1 is 1.00 bits per heavy atom. The lowest BCUT2D eigenvalue weighted by molar-refractivity contribution is 0.378. The fourth-order valence-corrected chi connectivity index (χ4v) is 1.88. The maximum Gasteiger partial charge on any atom is 0.141 e. The van der Waals surface area contributed by atoms with Gasteiger partial charge in [0.25, 0.3) is 0 Å². The van der Waals surface area contributed by atoms with Gasteiger partial charge >= 0.3 is 0 Å². The van der Waals surface area contributed by atoms with Gasteiger partial charge in [-0.1, -0.05) is 73.9 Å². The average molecular weight is 254 g/mol. The third-order valence-corrected chi connectivity index (χ3v) is 2.92. The monoisotopic (exact) mass is 254 g/mol. The third-order valence-electron chi connectivity index (χ3n) is 2.92. The van der Waals surface area contributed by atoms with E-state index in [1.807, 2.05) is 56.4 Å². The smallest absolute Gasteiger partial charge is 0.141 e. The summed E-state index contributed by atoms with van der Waals surface area (Å²) in [5.74, 6) is 0. The van der Waals surface area contributed by atoms with Gasteiger partial charge in [-0.2, -0.15) is 0 Å². The van der Waals surface area contributed by atoms with Gasteiger partial charge in [-0.25, -0.2) is 0 Å². The topological polar surface area (TPSA) is 12.5 Å². The van der Waals surface area contributed by atoms with Crippen molar-refractivity contribution < 1.29 is 4.74 Å². The summed E-state index contributed by atoms with van der Waals surface area (Å²) in [5.41, 5.74) is 1.88. The first-order chi connectivity index (χ1) is 9.25. The van der Waals surface area contributed by atoms with Crippen LogP contribution in [0, 0.1) is 0 Å². The van der Waals surface area contributed by atoms with Gasteiger partial charge in [0.1, 0.15) is 5.60 Å². The highest BCUT2D eigenvalue weighted by atomic mass is 16.6. The highest BCUT2D eigenvalue weighted by molar-refractivity contribution is 5.50. The van der Waals surface area contributed by atoms with E-state index < -0.39 is 0 Å². The zero-order valence-corrected chi connectivity index (χ0v) is 11.8. The Bertz CT molecular complexity index is 466. The molecule has 0 N–H and O–H groups in total. The van der Waals surface area contributed by atoms with E-state index in [2.05, 4.69) is 25.3 Å². The number of hydrogen-bond donors (Lipinski definition) is 0. The summed E-state index contributed by atoms with van der Waals surface area (Å²) in [7, 11) is 0. The summed E-state index contributed by atoms with van der Waals surface area (Å²) in [5, 5.41) is 0. The molecular weight excluding hydrogens is 232 g/mol. The number of allylic oxidation sites excluding steroid dienone is 8. The SMILES string of the molecule is C=C/C=C\C=C(/C=C)C1(C(/C=C\C)=C/C=C\C)CO1. The number of rotatable bonds is 7. The van der Waals surface area contributed by atoms with Crippen molar-refractivity contribution in [1.29, 1.82) is 0 Å². The van der Waals surface area contributed by atoms with Gasteiger partial charge in [-0.05, 0) is 25.0 Å². The predicted octanol–water partition coefficient (Wildman–Crippen LogP) is 4.69. The molecule has 0 spiro atoms. The second kappa shape index (κ2) is 7.55. The van der Waals surface area contributed by atoms with Gasteiger partial charge in [-0.3, -0.25) is 0 Å². The predicted molar refractivity (Wildman–Crippen MR) is 84.0 cm³/mol. The van der Waals surface area contributed by atoms with Crippen LogP contribution in [0.25, 0.3) is 0 Å². The molecule has 0 saturated carbocycles. The van der Waals surface area contributed by atoms with Crippen LogP contribution in [-0.2, 0) is 4.74 Å². The minimum absolute atomic E-state index is 0.334. The molecule has 1 heterocycles. The van der Waals surface area contributed by atoms with Crippen molar-refractivity contribution in [3.63, 3.8) is 0 Å². The molecule has 1 aliphatic heterocycles. The van der Waals surface area contributed by atoms with E-state index in [1.54, 1.807) is 6.08 Å². The lowest BCUT2D eigenvalue weighted by atomic mass is 9.90. The molecule has 1 aliphatic rings. The standard InChI is InChI=1S/C18H22O/c1-5-9-11-14-16(8-4)18(15-19-18)17(12-7-3)13-10-6-2/h5-14H,1,4,15H2,2-3H3/b10-6-,11-9-,12-7-,16-14+,17-13+. The Hall–Kier alpha value is -1.86. The van der Waals surface area contributed by atoms with E-state index in [1.165, 1.54) is 0 Å². The average Bonchev–Trinajstić information content (AvgIpc) is 3.21. The van der Waals surface area contributed by atoms with Gasteiger partial charge in [0.15, 0.2) is 0 Å². The van der Waals surface area contributed by atoms with Crippen LogP contribution in [0.15, 0.2) is 85.1 Å². The second-order valence-corrected chi connectivity index (χ2v) is 4.21. The van der Waals surface area contributed by atoms with Crippen LogP contribution in [0.1, 0.15) is 13.8 Å². The van der Waals surface area contributed by atoms with Crippen LogP contribution in [0.2, 0.25) is 0 Å². The summed E-state index contributed by atoms with van der Waals surface area (Å²) in [6.07, 6.45) is 19.7. The zero-order chi connectivity index (χ0) is 14.1. The maximum absolute atomic E-state index is 5.74. The van der Waals surface area contributed by atoms with Crippen LogP contribution >= 0.6 is 0 Å². The Morgan fingerprint density at radius 2 is 1.68 bits per heavy atom. The minimum Gasteiger partial charge on any atom is -0.359 e. The molecule has 100 valence electrons. The molecule has 0 amide bonds. The van der Waals surface area contributed by atoms with E-state index in [4.69, 9.17) is 4.74 Å². The Labute approximate surface area is 116 Å². The van der Waals surface area contributed by atoms with Crippen molar-refractivity contribution in [1.82, 2.24) is 0 Å². The zero-order valence-electron chi connectivity index (χ0n) is 11.8. The Kier molecular flexibility index (Phi) is 6.04. The lowest BCUT2D eigenvalue weighted by Crippen LogP contribution is -2.15. The van der Waals surface area contributed by atoms with Crippen molar-refractivity contribution >= 4 is 0 Å². The van der Waals surface area contributed by atoms with Crippen molar-refractivity contribution in [3.8, 4) is 0 Å². The molecule has 0 aromatic rings. The van der Waals surface area contributed by atoms with E-state index >= 15 is 0 Å². The summed E-state index contributed by atoms with van der Waals surface area (Å²) < 4.78 is 5.74. The summed E-state index contributed by atoms with van der Waals surface area (Å²) >= 11 is 0. The first-order valence-electron chi connectivity index (χ1n) is 6.47. The molecule has 1 heteroatoms. The fraction of sp³-hybridized carbons (Fsp3) is 0.222. The Morgan fingerprint density at radius 3 is 2.16 bits per heavy atom. The van der Waals surface area contributed by atoms with Crippen LogP contribution < -0.4 is 0 Å². The summed E-state index contributed by atoms with van der Waals surface area (Å²) in [4.78, 5) is 0. The third kappa shape index (κ3) is 3.80. The largest absolute Gasteiger partial charge is 0.359 e. The number of hydrogen-bond acceptors (Lipinski definition) is 1. The van der Waals surface area contributed by atoms with Gasteiger partial charge in [0.2, 0.25) is 0 Å². The van der Waals surface area contributed by atoms with E-state index in [9.17, 15) is 0 Å². The van der Waals surface area contributed by atoms with Crippen LogP contribution in [-0.4, -0.2) is 12.2 Å². The maximum atomic E-state index is 5.74. The number of epoxide rings is 1. The minimum atomic E-state index is -0.334. The molecule has 1 unspecified atom stereocenters. The molecule has 0 aromatic heterocycles. The highest BCUT2D eigenvalue weighted by Crippen LogP contribution is 2.43. The van der Waals surface area contributed by atoms with E-state index in [-0.39, 0.29) is 5.60 Å². The van der Waals surface area contributed by atoms with Gasteiger partial charge in [0, 0.05) is 0 Å². The van der Waals surface area contributed by atoms with Crippen molar-refractivity contribution in [2.45, 2.75) is 19.4 Å². The second-order valence-electron chi connectivity index (χ2n) is 4.21. The summed E-state index contributed by atoms with van der Waals surface area (Å²) in [6, 6.07) is 0. The fourth-order valence-electron chi connectivity index (χ4n) is 1.88. The van der Waals surface area contributed by atoms with Gasteiger partial charge in [-0.15, -0.1) is 0 Å². The Balaban J connectivity index is 3.12. The molecule has 0 radical (unpaired) electrons. The van der Waals surface area contributed by atoms with E-state index in [0.717, 1.165) is 11.1 Å². The van der Waals surface area contributed by atoms with E-state index in [0.29, 0.717) is 6.61 Å². The van der Waals surface area contributed by atoms with Crippen LogP contribution in [0.4, 0.5) is 0 Å². The molecule has 1 fully saturated rings. The van der Waals surface area contributed by atoms with Crippen molar-refractivity contribution in [2.75, 3.05) is 6.61 Å². The first-order valence-corrected chi connectivity index (χ1v) is 6.47. The quantitative estimate of drug-likeness (QED) is 0.474. The summed E-state index contributed by atoms with van der Waals surface area (Å²) in [6.45, 7) is 12.3. The molecule has 1 nitrogen and oxygen atoms in total. The molecule has 0 bridgehead atoms. The first kappa shape index (κ1) is 15.2. The van der Waals surface area contributed by atoms with Crippen molar-refractivity contribution in [2.24, 2.45) is 0 Å². The molecule has 1 saturated heterocycles. The lowest BCUT2D eigenvalue weighted by Gasteiger charge is -2.14. The van der Waals surface area contributed by atoms with Crippen LogP contribution in [0.3, 0.4) is 0 Å². The number of ether oxygens (including phenoxy) is 1. The molecule has 1 atom stereocenters. The van der Waals surface area contributed by atoms with Gasteiger partial charge < -0.3 is 4.74 Å².